The van der Waals surface area contributed by atoms with E-state index in [1.807, 2.05) is 0 Å². The van der Waals surface area contributed by atoms with Crippen molar-refractivity contribution in [1.29, 1.82) is 0 Å². The van der Waals surface area contributed by atoms with Gasteiger partial charge in [0, 0.05) is 6.04 Å². The molecule has 0 heterocycles. The van der Waals surface area contributed by atoms with Gasteiger partial charge >= 0.3 is 0 Å². The number of nitrogens with one attached hydrogen (secondary N) is 1. The predicted molar refractivity (Wildman–Crippen MR) is 75.8 cm³/mol. The Hall–Kier alpha value is -0.860. The van der Waals surface area contributed by atoms with Gasteiger partial charge in [-0.25, -0.2) is 0 Å². The third-order valence-corrected chi connectivity index (χ3v) is 4.16. The number of hydrogen-bond acceptors (Lipinski definition) is 2. The molecule has 0 spiro atoms. The molecule has 0 bridgehead atoms. The molecule has 2 N–H and O–H groups in total. The molecule has 1 fully saturated rings. The molecular weight excluding hydrogens is 222 g/mol. The van der Waals surface area contributed by atoms with Crippen molar-refractivity contribution in [2.45, 2.75) is 58.0 Å². The van der Waals surface area contributed by atoms with Gasteiger partial charge in [-0.15, -0.1) is 0 Å². The minimum Gasteiger partial charge on any atom is -0.394 e. The Morgan fingerprint density at radius 1 is 1.17 bits per heavy atom. The number of aliphatic hydroxyl groups excluding tert-OH is 1. The summed E-state index contributed by atoms with van der Waals surface area (Å²) < 4.78 is 0. The molecule has 1 aromatic rings. The van der Waals surface area contributed by atoms with Crippen molar-refractivity contribution in [3.05, 3.63) is 34.9 Å². The van der Waals surface area contributed by atoms with E-state index in [1.165, 1.54) is 48.8 Å². The van der Waals surface area contributed by atoms with Crippen LogP contribution in [0.3, 0.4) is 0 Å². The van der Waals surface area contributed by atoms with E-state index in [1.54, 1.807) is 0 Å². The molecule has 0 radical (unpaired) electrons. The molecule has 1 aliphatic rings. The van der Waals surface area contributed by atoms with Gasteiger partial charge < -0.3 is 10.4 Å². The zero-order valence-electron chi connectivity index (χ0n) is 11.6. The van der Waals surface area contributed by atoms with Crippen LogP contribution in [0.2, 0.25) is 0 Å². The van der Waals surface area contributed by atoms with Gasteiger partial charge in [0.05, 0.1) is 12.6 Å². The number of rotatable bonds is 4. The first kappa shape index (κ1) is 13.6. The highest BCUT2D eigenvalue weighted by Gasteiger charge is 2.18. The monoisotopic (exact) mass is 247 g/mol. The van der Waals surface area contributed by atoms with Gasteiger partial charge in [0.1, 0.15) is 0 Å². The molecule has 0 aliphatic heterocycles. The van der Waals surface area contributed by atoms with Crippen molar-refractivity contribution in [3.8, 4) is 0 Å². The fourth-order valence-electron chi connectivity index (χ4n) is 2.79. The van der Waals surface area contributed by atoms with Crippen molar-refractivity contribution in [2.75, 3.05) is 6.61 Å². The smallest absolute Gasteiger partial charge is 0.0626 e. The maximum atomic E-state index is 9.61. The first-order valence-corrected chi connectivity index (χ1v) is 7.15. The normalized spacial score (nSPS) is 18.8. The fraction of sp³-hybridized carbons (Fsp3) is 0.625. The maximum absolute atomic E-state index is 9.61. The number of hydrogen-bond donors (Lipinski definition) is 2. The summed E-state index contributed by atoms with van der Waals surface area (Å²) in [6.45, 7) is 4.44. The van der Waals surface area contributed by atoms with Crippen LogP contribution in [0.25, 0.3) is 0 Å². The van der Waals surface area contributed by atoms with Crippen molar-refractivity contribution in [1.82, 2.24) is 5.32 Å². The van der Waals surface area contributed by atoms with Crippen molar-refractivity contribution in [3.63, 3.8) is 0 Å². The number of aryl methyl sites for hydroxylation is 2. The second kappa shape index (κ2) is 6.35. The summed E-state index contributed by atoms with van der Waals surface area (Å²) in [5.41, 5.74) is 3.83. The van der Waals surface area contributed by atoms with Crippen molar-refractivity contribution < 1.29 is 5.11 Å². The molecule has 100 valence electrons. The highest BCUT2D eigenvalue weighted by atomic mass is 16.3. The van der Waals surface area contributed by atoms with Gasteiger partial charge in [-0.2, -0.15) is 0 Å². The first-order chi connectivity index (χ1) is 8.70. The third-order valence-electron chi connectivity index (χ3n) is 4.16. The number of aliphatic hydroxyl groups is 1. The summed E-state index contributed by atoms with van der Waals surface area (Å²) >= 11 is 0. The average Bonchev–Trinajstić information content (AvgIpc) is 2.40. The molecule has 0 aromatic heterocycles. The second-order valence-corrected chi connectivity index (χ2v) is 5.58. The Bertz CT molecular complexity index is 383. The van der Waals surface area contributed by atoms with Crippen molar-refractivity contribution in [2.24, 2.45) is 0 Å². The van der Waals surface area contributed by atoms with Crippen LogP contribution in [0.4, 0.5) is 0 Å². The molecule has 2 rings (SSSR count). The Balaban J connectivity index is 2.04. The standard InChI is InChI=1S/C16H25NO/c1-12-8-9-14(10-13(12)2)16(11-18)17-15-6-4-3-5-7-15/h8-10,15-18H,3-7,11H2,1-2H3. The topological polar surface area (TPSA) is 32.3 Å². The second-order valence-electron chi connectivity index (χ2n) is 5.58. The Morgan fingerprint density at radius 2 is 1.89 bits per heavy atom. The SMILES string of the molecule is Cc1ccc(C(CO)NC2CCCCC2)cc1C. The van der Waals surface area contributed by atoms with Crippen LogP contribution in [0.1, 0.15) is 54.8 Å². The van der Waals surface area contributed by atoms with E-state index in [2.05, 4.69) is 37.4 Å². The molecule has 1 atom stereocenters. The van der Waals surface area contributed by atoms with E-state index in [-0.39, 0.29) is 12.6 Å². The summed E-state index contributed by atoms with van der Waals surface area (Å²) in [4.78, 5) is 0. The third kappa shape index (κ3) is 3.33. The van der Waals surface area contributed by atoms with Gasteiger partial charge in [-0.3, -0.25) is 0 Å². The van der Waals surface area contributed by atoms with Crippen LogP contribution in [0.15, 0.2) is 18.2 Å². The van der Waals surface area contributed by atoms with Crippen molar-refractivity contribution >= 4 is 0 Å². The quantitative estimate of drug-likeness (QED) is 0.856. The van der Waals surface area contributed by atoms with Crippen LogP contribution in [-0.2, 0) is 0 Å². The van der Waals surface area contributed by atoms with Crippen LogP contribution in [0.5, 0.6) is 0 Å². The highest BCUT2D eigenvalue weighted by molar-refractivity contribution is 5.31. The summed E-state index contributed by atoms with van der Waals surface area (Å²) in [6, 6.07) is 7.16. The zero-order valence-corrected chi connectivity index (χ0v) is 11.6. The Labute approximate surface area is 110 Å². The highest BCUT2D eigenvalue weighted by Crippen LogP contribution is 2.22. The van der Waals surface area contributed by atoms with Gasteiger partial charge in [0.2, 0.25) is 0 Å². The van der Waals surface area contributed by atoms with Crippen LogP contribution >= 0.6 is 0 Å². The van der Waals surface area contributed by atoms with E-state index < -0.39 is 0 Å². The van der Waals surface area contributed by atoms with Gasteiger partial charge in [0.15, 0.2) is 0 Å². The largest absolute Gasteiger partial charge is 0.394 e. The minimum atomic E-state index is 0.0902. The first-order valence-electron chi connectivity index (χ1n) is 7.15. The van der Waals surface area contributed by atoms with Gasteiger partial charge in [0.25, 0.3) is 0 Å². The van der Waals surface area contributed by atoms with Gasteiger partial charge in [-0.05, 0) is 43.4 Å². The Morgan fingerprint density at radius 3 is 2.50 bits per heavy atom. The average molecular weight is 247 g/mol. The Kier molecular flexibility index (Phi) is 4.79. The lowest BCUT2D eigenvalue weighted by Crippen LogP contribution is -2.36. The lowest BCUT2D eigenvalue weighted by Gasteiger charge is -2.28. The molecule has 0 saturated heterocycles. The molecular formula is C16H25NO. The molecule has 18 heavy (non-hydrogen) atoms. The molecule has 1 unspecified atom stereocenters. The van der Waals surface area contributed by atoms with E-state index in [9.17, 15) is 5.11 Å². The van der Waals surface area contributed by atoms with E-state index in [0.717, 1.165) is 0 Å². The summed E-state index contributed by atoms with van der Waals surface area (Å²) in [5.74, 6) is 0. The lowest BCUT2D eigenvalue weighted by atomic mass is 9.93. The minimum absolute atomic E-state index is 0.0902. The van der Waals surface area contributed by atoms with E-state index in [0.29, 0.717) is 6.04 Å². The summed E-state index contributed by atoms with van der Waals surface area (Å²) in [6.07, 6.45) is 6.51. The van der Waals surface area contributed by atoms with E-state index in [4.69, 9.17) is 0 Å². The lowest BCUT2D eigenvalue weighted by molar-refractivity contribution is 0.220. The molecule has 1 saturated carbocycles. The summed E-state index contributed by atoms with van der Waals surface area (Å²) in [5, 5.41) is 13.2. The van der Waals surface area contributed by atoms with Gasteiger partial charge in [-0.1, -0.05) is 37.5 Å². The molecule has 2 nitrogen and oxygen atoms in total. The molecule has 2 heteroatoms. The number of benzene rings is 1. The molecule has 1 aromatic carbocycles. The van der Waals surface area contributed by atoms with Crippen LogP contribution < -0.4 is 5.32 Å². The zero-order chi connectivity index (χ0) is 13.0. The molecule has 1 aliphatic carbocycles. The maximum Gasteiger partial charge on any atom is 0.0626 e. The predicted octanol–water partition coefficient (Wildman–Crippen LogP) is 3.26. The summed E-state index contributed by atoms with van der Waals surface area (Å²) in [7, 11) is 0. The van der Waals surface area contributed by atoms with Crippen LogP contribution in [0, 0.1) is 13.8 Å². The van der Waals surface area contributed by atoms with Crippen LogP contribution in [-0.4, -0.2) is 17.8 Å². The van der Waals surface area contributed by atoms with E-state index >= 15 is 0 Å². The molecule has 0 amide bonds. The fourth-order valence-corrected chi connectivity index (χ4v) is 2.79.